The van der Waals surface area contributed by atoms with Crippen molar-refractivity contribution in [2.45, 2.75) is 25.0 Å². The van der Waals surface area contributed by atoms with Gasteiger partial charge in [-0.25, -0.2) is 8.78 Å². The Morgan fingerprint density at radius 3 is 2.16 bits per heavy atom. The zero-order valence-corrected chi connectivity index (χ0v) is 11.8. The van der Waals surface area contributed by atoms with Crippen LogP contribution in [-0.4, -0.2) is 0 Å². The van der Waals surface area contributed by atoms with Gasteiger partial charge in [-0.3, -0.25) is 0 Å². The van der Waals surface area contributed by atoms with E-state index < -0.39 is 5.92 Å². The van der Waals surface area contributed by atoms with Crippen LogP contribution in [0.4, 0.5) is 8.78 Å². The van der Waals surface area contributed by atoms with Gasteiger partial charge in [0.2, 0.25) is 0 Å². The molecular weight excluding hydrogens is 262 g/mol. The molecular formula is C16H16F2S. The van der Waals surface area contributed by atoms with Gasteiger partial charge in [-0.05, 0) is 23.6 Å². The molecule has 3 heteroatoms. The number of hydrogen-bond donors (Lipinski definition) is 1. The first-order valence-corrected chi connectivity index (χ1v) is 6.66. The summed E-state index contributed by atoms with van der Waals surface area (Å²) in [7, 11) is 0. The van der Waals surface area contributed by atoms with Crippen molar-refractivity contribution in [2.24, 2.45) is 0 Å². The number of benzene rings is 2. The van der Waals surface area contributed by atoms with E-state index in [-0.39, 0.29) is 10.8 Å². The molecule has 0 amide bonds. The highest BCUT2D eigenvalue weighted by Crippen LogP contribution is 2.30. The molecule has 0 aliphatic rings. The molecule has 0 fully saturated rings. The quantitative estimate of drug-likeness (QED) is 0.708. The van der Waals surface area contributed by atoms with Crippen molar-refractivity contribution in [3.63, 3.8) is 0 Å². The molecule has 0 radical (unpaired) electrons. The smallest absolute Gasteiger partial charge is 0.202 e. The van der Waals surface area contributed by atoms with Crippen molar-refractivity contribution in [2.75, 3.05) is 0 Å². The topological polar surface area (TPSA) is 0 Å². The van der Waals surface area contributed by atoms with Crippen LogP contribution in [0, 0.1) is 0 Å². The van der Waals surface area contributed by atoms with Gasteiger partial charge in [0.05, 0.1) is 0 Å². The molecule has 0 bridgehead atoms. The zero-order valence-electron chi connectivity index (χ0n) is 10.9. The molecule has 0 saturated carbocycles. The number of halogens is 2. The molecule has 2 rings (SSSR count). The van der Waals surface area contributed by atoms with Crippen LogP contribution < -0.4 is 0 Å². The maximum absolute atomic E-state index is 13.1. The van der Waals surface area contributed by atoms with Crippen molar-refractivity contribution in [3.8, 4) is 11.1 Å². The standard InChI is InChI=1S/C16H16F2S/c1-11(19)13-4-3-5-14(10-13)12-6-8-15(9-7-12)16(2,17)18/h3-11,19H,1-2H3. The van der Waals surface area contributed by atoms with Crippen molar-refractivity contribution >= 4 is 12.6 Å². The van der Waals surface area contributed by atoms with Crippen molar-refractivity contribution in [3.05, 3.63) is 59.7 Å². The van der Waals surface area contributed by atoms with Crippen molar-refractivity contribution in [1.82, 2.24) is 0 Å². The first kappa shape index (κ1) is 14.1. The first-order valence-electron chi connectivity index (χ1n) is 6.14. The minimum absolute atomic E-state index is 0.0370. The summed E-state index contributed by atoms with van der Waals surface area (Å²) in [5.41, 5.74) is 3.11. The molecule has 2 aromatic carbocycles. The highest BCUT2D eigenvalue weighted by Gasteiger charge is 2.23. The van der Waals surface area contributed by atoms with E-state index in [1.165, 1.54) is 12.1 Å². The van der Waals surface area contributed by atoms with E-state index in [4.69, 9.17) is 0 Å². The summed E-state index contributed by atoms with van der Waals surface area (Å²) in [6, 6.07) is 14.4. The Bertz CT molecular complexity index is 554. The second kappa shape index (κ2) is 5.33. The highest BCUT2D eigenvalue weighted by molar-refractivity contribution is 7.80. The maximum Gasteiger partial charge on any atom is 0.270 e. The molecule has 100 valence electrons. The fourth-order valence-corrected chi connectivity index (χ4v) is 2.09. The highest BCUT2D eigenvalue weighted by atomic mass is 32.1. The molecule has 1 atom stereocenters. The summed E-state index contributed by atoms with van der Waals surface area (Å²) in [4.78, 5) is 0. The van der Waals surface area contributed by atoms with E-state index in [0.717, 1.165) is 23.6 Å². The summed E-state index contributed by atoms with van der Waals surface area (Å²) in [5, 5.41) is 0.152. The van der Waals surface area contributed by atoms with Crippen LogP contribution in [0.2, 0.25) is 0 Å². The average Bonchev–Trinajstić information content (AvgIpc) is 2.38. The van der Waals surface area contributed by atoms with E-state index in [2.05, 4.69) is 12.6 Å². The molecule has 0 aliphatic heterocycles. The molecule has 0 saturated heterocycles. The lowest BCUT2D eigenvalue weighted by atomic mass is 9.99. The van der Waals surface area contributed by atoms with Gasteiger partial charge < -0.3 is 0 Å². The van der Waals surface area contributed by atoms with Crippen LogP contribution in [0.25, 0.3) is 11.1 Å². The van der Waals surface area contributed by atoms with Crippen LogP contribution in [0.15, 0.2) is 48.5 Å². The maximum atomic E-state index is 13.1. The average molecular weight is 278 g/mol. The Morgan fingerprint density at radius 1 is 1.00 bits per heavy atom. The molecule has 0 spiro atoms. The predicted octanol–water partition coefficient (Wildman–Crippen LogP) is 5.46. The van der Waals surface area contributed by atoms with Crippen LogP contribution in [0.5, 0.6) is 0 Å². The fraction of sp³-hybridized carbons (Fsp3) is 0.250. The summed E-state index contributed by atoms with van der Waals surface area (Å²) in [6.07, 6.45) is 0. The number of thiol groups is 1. The van der Waals surface area contributed by atoms with E-state index >= 15 is 0 Å². The summed E-state index contributed by atoms with van der Waals surface area (Å²) in [6.45, 7) is 2.91. The number of hydrogen-bond acceptors (Lipinski definition) is 1. The third-order valence-corrected chi connectivity index (χ3v) is 3.39. The molecule has 0 aliphatic carbocycles. The molecule has 2 aromatic rings. The number of alkyl halides is 2. The van der Waals surface area contributed by atoms with Crippen molar-refractivity contribution in [1.29, 1.82) is 0 Å². The Balaban J connectivity index is 2.35. The molecule has 0 aromatic heterocycles. The largest absolute Gasteiger partial charge is 0.270 e. The normalized spacial score (nSPS) is 13.3. The molecule has 1 unspecified atom stereocenters. The Kier molecular flexibility index (Phi) is 3.95. The lowest BCUT2D eigenvalue weighted by molar-refractivity contribution is 0.0175. The van der Waals surface area contributed by atoms with Crippen molar-refractivity contribution < 1.29 is 8.78 Å². The molecule has 19 heavy (non-hydrogen) atoms. The fourth-order valence-electron chi connectivity index (χ4n) is 1.93. The minimum Gasteiger partial charge on any atom is -0.202 e. The van der Waals surface area contributed by atoms with E-state index in [1.807, 2.05) is 31.2 Å². The van der Waals surface area contributed by atoms with Gasteiger partial charge in [0.25, 0.3) is 5.92 Å². The number of rotatable bonds is 3. The summed E-state index contributed by atoms with van der Waals surface area (Å²) < 4.78 is 26.3. The summed E-state index contributed by atoms with van der Waals surface area (Å²) >= 11 is 4.40. The van der Waals surface area contributed by atoms with Gasteiger partial charge in [0, 0.05) is 17.7 Å². The van der Waals surface area contributed by atoms with Gasteiger partial charge >= 0.3 is 0 Å². The van der Waals surface area contributed by atoms with Gasteiger partial charge in [-0.15, -0.1) is 0 Å². The second-order valence-corrected chi connectivity index (χ2v) is 5.54. The Hall–Kier alpha value is -1.35. The predicted molar refractivity (Wildman–Crippen MR) is 78.8 cm³/mol. The lowest BCUT2D eigenvalue weighted by Gasteiger charge is -2.12. The Labute approximate surface area is 117 Å². The summed E-state index contributed by atoms with van der Waals surface area (Å²) in [5.74, 6) is -2.79. The van der Waals surface area contributed by atoms with Crippen LogP contribution in [0.1, 0.15) is 30.2 Å². The second-order valence-electron chi connectivity index (χ2n) is 4.77. The van der Waals surface area contributed by atoms with E-state index in [1.54, 1.807) is 12.1 Å². The SMILES string of the molecule is CC(S)c1cccc(-c2ccc(C(C)(F)F)cc2)c1. The van der Waals surface area contributed by atoms with Gasteiger partial charge in [0.15, 0.2) is 0 Å². The molecule has 0 N–H and O–H groups in total. The van der Waals surface area contributed by atoms with Gasteiger partial charge in [0.1, 0.15) is 0 Å². The van der Waals surface area contributed by atoms with Gasteiger partial charge in [-0.2, -0.15) is 12.6 Å². The van der Waals surface area contributed by atoms with Crippen LogP contribution >= 0.6 is 12.6 Å². The van der Waals surface area contributed by atoms with Crippen LogP contribution in [-0.2, 0) is 5.92 Å². The van der Waals surface area contributed by atoms with E-state index in [0.29, 0.717) is 0 Å². The Morgan fingerprint density at radius 2 is 1.63 bits per heavy atom. The van der Waals surface area contributed by atoms with Gasteiger partial charge in [-0.1, -0.05) is 48.5 Å². The molecule has 0 nitrogen and oxygen atoms in total. The third-order valence-electron chi connectivity index (χ3n) is 3.09. The van der Waals surface area contributed by atoms with Crippen LogP contribution in [0.3, 0.4) is 0 Å². The first-order chi connectivity index (χ1) is 8.88. The third kappa shape index (κ3) is 3.35. The minimum atomic E-state index is -2.79. The monoisotopic (exact) mass is 278 g/mol. The zero-order chi connectivity index (χ0) is 14.0. The lowest BCUT2D eigenvalue weighted by Crippen LogP contribution is -2.06. The van der Waals surface area contributed by atoms with E-state index in [9.17, 15) is 8.78 Å². The molecule has 0 heterocycles.